The average molecular weight is 374 g/mol. The molecule has 6 heteroatoms. The number of hydrogen-bond donors (Lipinski definition) is 2. The molecule has 0 fully saturated rings. The van der Waals surface area contributed by atoms with E-state index < -0.39 is 0 Å². The molecule has 0 atom stereocenters. The summed E-state index contributed by atoms with van der Waals surface area (Å²) in [4.78, 5) is 23.9. The number of nitrogens with one attached hydrogen (secondary N) is 2. The second kappa shape index (κ2) is 9.38. The molecule has 0 radical (unpaired) electrons. The molecule has 0 aliphatic carbocycles. The summed E-state index contributed by atoms with van der Waals surface area (Å²) < 4.78 is 12.8. The molecule has 4 nitrogen and oxygen atoms in total. The minimum atomic E-state index is -0.276. The summed E-state index contributed by atoms with van der Waals surface area (Å²) in [6, 6.07) is 10.2. The van der Waals surface area contributed by atoms with Gasteiger partial charge in [-0.15, -0.1) is 11.8 Å². The number of aryl methyl sites for hydroxylation is 3. The van der Waals surface area contributed by atoms with Gasteiger partial charge in [0, 0.05) is 11.4 Å². The third kappa shape index (κ3) is 6.19. The fourth-order valence-electron chi connectivity index (χ4n) is 2.63. The fourth-order valence-corrected chi connectivity index (χ4v) is 3.45. The van der Waals surface area contributed by atoms with Crippen LogP contribution < -0.4 is 10.6 Å². The van der Waals surface area contributed by atoms with Crippen molar-refractivity contribution in [2.75, 3.05) is 17.6 Å². The van der Waals surface area contributed by atoms with Gasteiger partial charge in [-0.3, -0.25) is 9.59 Å². The van der Waals surface area contributed by atoms with Gasteiger partial charge in [-0.25, -0.2) is 4.39 Å². The van der Waals surface area contributed by atoms with Gasteiger partial charge < -0.3 is 10.6 Å². The molecule has 0 aliphatic rings. The minimum absolute atomic E-state index is 0.0668. The second-order valence-corrected chi connectivity index (χ2v) is 7.20. The van der Waals surface area contributed by atoms with Gasteiger partial charge in [0.1, 0.15) is 5.82 Å². The van der Waals surface area contributed by atoms with Gasteiger partial charge in [0.15, 0.2) is 0 Å². The lowest BCUT2D eigenvalue weighted by atomic mass is 10.1. The molecule has 2 aromatic carbocycles. The van der Waals surface area contributed by atoms with Crippen molar-refractivity contribution in [1.82, 2.24) is 5.32 Å². The first-order valence-electron chi connectivity index (χ1n) is 8.31. The smallest absolute Gasteiger partial charge is 0.243 e. The lowest BCUT2D eigenvalue weighted by molar-refractivity contribution is -0.122. The summed E-state index contributed by atoms with van der Waals surface area (Å²) in [5, 5.41) is 5.47. The van der Waals surface area contributed by atoms with Crippen LogP contribution in [-0.4, -0.2) is 24.1 Å². The summed E-state index contributed by atoms with van der Waals surface area (Å²) >= 11 is 1.42. The standard InChI is InChI=1S/C20H23FN2O2S/c1-13-8-14(2)20(15(3)9-13)23-18(24)10-22-19(25)12-26-11-16-4-6-17(21)7-5-16/h4-9H,10-12H2,1-3H3,(H,22,25)(H,23,24). The Kier molecular flexibility index (Phi) is 7.21. The Balaban J connectivity index is 1.73. The zero-order valence-electron chi connectivity index (χ0n) is 15.2. The van der Waals surface area contributed by atoms with Crippen LogP contribution in [-0.2, 0) is 15.3 Å². The first kappa shape index (κ1) is 20.0. The number of anilines is 1. The van der Waals surface area contributed by atoms with Crippen LogP contribution in [0, 0.1) is 26.6 Å². The van der Waals surface area contributed by atoms with Gasteiger partial charge in [-0.2, -0.15) is 0 Å². The highest BCUT2D eigenvalue weighted by Gasteiger charge is 2.10. The Hall–Kier alpha value is -2.34. The van der Waals surface area contributed by atoms with Gasteiger partial charge in [-0.05, 0) is 49.6 Å². The molecular weight excluding hydrogens is 351 g/mol. The lowest BCUT2D eigenvalue weighted by Crippen LogP contribution is -2.34. The molecule has 0 aromatic heterocycles. The maximum atomic E-state index is 12.8. The normalized spacial score (nSPS) is 10.5. The highest BCUT2D eigenvalue weighted by molar-refractivity contribution is 7.99. The molecule has 0 spiro atoms. The average Bonchev–Trinajstić information content (AvgIpc) is 2.58. The predicted molar refractivity (Wildman–Crippen MR) is 105 cm³/mol. The van der Waals surface area contributed by atoms with Gasteiger partial charge in [0.25, 0.3) is 0 Å². The van der Waals surface area contributed by atoms with Gasteiger partial charge in [0.2, 0.25) is 11.8 Å². The van der Waals surface area contributed by atoms with Crippen LogP contribution in [0.3, 0.4) is 0 Å². The van der Waals surface area contributed by atoms with Gasteiger partial charge in [0.05, 0.1) is 12.3 Å². The fraction of sp³-hybridized carbons (Fsp3) is 0.300. The number of thioether (sulfide) groups is 1. The van der Waals surface area contributed by atoms with Crippen molar-refractivity contribution in [2.24, 2.45) is 0 Å². The van der Waals surface area contributed by atoms with Crippen LogP contribution >= 0.6 is 11.8 Å². The highest BCUT2D eigenvalue weighted by atomic mass is 32.2. The Bertz CT molecular complexity index is 768. The minimum Gasteiger partial charge on any atom is -0.346 e. The van der Waals surface area contributed by atoms with E-state index in [2.05, 4.69) is 10.6 Å². The van der Waals surface area contributed by atoms with Crippen molar-refractivity contribution in [3.63, 3.8) is 0 Å². The highest BCUT2D eigenvalue weighted by Crippen LogP contribution is 2.21. The van der Waals surface area contributed by atoms with E-state index in [-0.39, 0.29) is 29.9 Å². The van der Waals surface area contributed by atoms with Gasteiger partial charge >= 0.3 is 0 Å². The van der Waals surface area contributed by atoms with Crippen LogP contribution in [0.1, 0.15) is 22.3 Å². The quantitative estimate of drug-likeness (QED) is 0.776. The molecular formula is C20H23FN2O2S. The van der Waals surface area contributed by atoms with E-state index in [1.807, 2.05) is 32.9 Å². The Labute approximate surface area is 157 Å². The zero-order valence-corrected chi connectivity index (χ0v) is 16.0. The van der Waals surface area contributed by atoms with E-state index in [0.717, 1.165) is 27.9 Å². The summed E-state index contributed by atoms with van der Waals surface area (Å²) in [5.74, 6) is 0.123. The molecule has 0 aliphatic heterocycles. The van der Waals surface area contributed by atoms with E-state index in [1.54, 1.807) is 12.1 Å². The van der Waals surface area contributed by atoms with E-state index in [0.29, 0.717) is 5.75 Å². The van der Waals surface area contributed by atoms with Crippen LogP contribution in [0.5, 0.6) is 0 Å². The molecule has 26 heavy (non-hydrogen) atoms. The summed E-state index contributed by atoms with van der Waals surface area (Å²) in [7, 11) is 0. The molecule has 2 N–H and O–H groups in total. The maximum absolute atomic E-state index is 12.8. The molecule has 138 valence electrons. The van der Waals surface area contributed by atoms with Crippen molar-refractivity contribution >= 4 is 29.3 Å². The lowest BCUT2D eigenvalue weighted by Gasteiger charge is -2.13. The molecule has 2 rings (SSSR count). The second-order valence-electron chi connectivity index (χ2n) is 6.22. The molecule has 0 heterocycles. The number of hydrogen-bond acceptors (Lipinski definition) is 3. The summed E-state index contributed by atoms with van der Waals surface area (Å²) in [6.45, 7) is 5.83. The molecule has 2 aromatic rings. The molecule has 0 bridgehead atoms. The maximum Gasteiger partial charge on any atom is 0.243 e. The SMILES string of the molecule is Cc1cc(C)c(NC(=O)CNC(=O)CSCc2ccc(F)cc2)c(C)c1. The number of benzene rings is 2. The van der Waals surface area contributed by atoms with E-state index in [1.165, 1.54) is 23.9 Å². The molecule has 0 saturated heterocycles. The molecule has 0 saturated carbocycles. The largest absolute Gasteiger partial charge is 0.346 e. The van der Waals surface area contributed by atoms with Gasteiger partial charge in [-0.1, -0.05) is 29.8 Å². The third-order valence-corrected chi connectivity index (χ3v) is 4.81. The topological polar surface area (TPSA) is 58.2 Å². The number of halogens is 1. The molecule has 2 amide bonds. The van der Waals surface area contributed by atoms with Crippen LogP contribution in [0.25, 0.3) is 0 Å². The van der Waals surface area contributed by atoms with E-state index in [9.17, 15) is 14.0 Å². The zero-order chi connectivity index (χ0) is 19.1. The van der Waals surface area contributed by atoms with Crippen molar-refractivity contribution in [2.45, 2.75) is 26.5 Å². The Morgan fingerprint density at radius 2 is 1.62 bits per heavy atom. The van der Waals surface area contributed by atoms with Crippen LogP contribution in [0.2, 0.25) is 0 Å². The number of carbonyl (C=O) groups is 2. The van der Waals surface area contributed by atoms with Crippen LogP contribution in [0.15, 0.2) is 36.4 Å². The van der Waals surface area contributed by atoms with E-state index >= 15 is 0 Å². The van der Waals surface area contributed by atoms with Crippen molar-refractivity contribution in [3.05, 3.63) is 64.5 Å². The Morgan fingerprint density at radius 1 is 1.00 bits per heavy atom. The number of amides is 2. The predicted octanol–water partition coefficient (Wildman–Crippen LogP) is 3.74. The van der Waals surface area contributed by atoms with Crippen LogP contribution in [0.4, 0.5) is 10.1 Å². The van der Waals surface area contributed by atoms with E-state index in [4.69, 9.17) is 0 Å². The number of rotatable bonds is 7. The first-order chi connectivity index (χ1) is 12.3. The number of carbonyl (C=O) groups excluding carboxylic acids is 2. The first-order valence-corrected chi connectivity index (χ1v) is 9.47. The monoisotopic (exact) mass is 374 g/mol. The van der Waals surface area contributed by atoms with Crippen molar-refractivity contribution < 1.29 is 14.0 Å². The third-order valence-electron chi connectivity index (χ3n) is 3.80. The summed E-state index contributed by atoms with van der Waals surface area (Å²) in [5.41, 5.74) is 4.88. The summed E-state index contributed by atoms with van der Waals surface area (Å²) in [6.07, 6.45) is 0. The Morgan fingerprint density at radius 3 is 2.23 bits per heavy atom. The van der Waals surface area contributed by atoms with Crippen molar-refractivity contribution in [1.29, 1.82) is 0 Å². The molecule has 0 unspecified atom stereocenters. The van der Waals surface area contributed by atoms with Crippen molar-refractivity contribution in [3.8, 4) is 0 Å².